The summed E-state index contributed by atoms with van der Waals surface area (Å²) in [6.07, 6.45) is 2.90. The van der Waals surface area contributed by atoms with E-state index in [1.807, 2.05) is 41.3 Å². The van der Waals surface area contributed by atoms with E-state index in [9.17, 15) is 24.9 Å². The Labute approximate surface area is 330 Å². The lowest BCUT2D eigenvalue weighted by atomic mass is 9.91. The SMILES string of the molecule is Cc1ccc(C(O)(C(=O)O[C@H]2CC[C@H](N(C)CCCn3nnc4cc(CNC[C@H](O)c5ccc(O)c6[nH]c(=O)ccc56)c5c(c43)OCO5)CC2)c2cccs2)s1. The molecule has 0 bridgehead atoms. The zero-order chi connectivity index (χ0) is 39.0. The number of aromatic nitrogens is 4. The summed E-state index contributed by atoms with van der Waals surface area (Å²) in [6.45, 7) is 4.07. The molecule has 1 fully saturated rings. The maximum absolute atomic E-state index is 13.5. The van der Waals surface area contributed by atoms with Crippen molar-refractivity contribution in [3.05, 3.63) is 96.1 Å². The van der Waals surface area contributed by atoms with E-state index in [1.54, 1.807) is 18.2 Å². The van der Waals surface area contributed by atoms with Gasteiger partial charge in [0.2, 0.25) is 18.0 Å². The number of hydrogen-bond donors (Lipinski definition) is 5. The third-order valence-electron chi connectivity index (χ3n) is 10.8. The molecule has 0 spiro atoms. The van der Waals surface area contributed by atoms with Gasteiger partial charge in [0.1, 0.15) is 22.9 Å². The van der Waals surface area contributed by atoms with Gasteiger partial charge in [-0.3, -0.25) is 4.79 Å². The molecule has 1 saturated carbocycles. The third kappa shape index (κ3) is 7.40. The Morgan fingerprint density at radius 2 is 1.95 bits per heavy atom. The summed E-state index contributed by atoms with van der Waals surface area (Å²) < 4.78 is 19.7. The Morgan fingerprint density at radius 1 is 1.12 bits per heavy atom. The Kier molecular flexibility index (Phi) is 10.8. The zero-order valence-electron chi connectivity index (χ0n) is 31.1. The van der Waals surface area contributed by atoms with Crippen molar-refractivity contribution in [3.63, 3.8) is 0 Å². The normalized spacial score (nSPS) is 18.4. The predicted octanol–water partition coefficient (Wildman–Crippen LogP) is 5.07. The van der Waals surface area contributed by atoms with E-state index in [4.69, 9.17) is 14.2 Å². The molecule has 16 heteroatoms. The number of carbonyl (C=O) groups excluding carboxylic acids is 1. The molecule has 2 aromatic carbocycles. The second-order valence-corrected chi connectivity index (χ2v) is 16.7. The summed E-state index contributed by atoms with van der Waals surface area (Å²) >= 11 is 2.76. The Balaban J connectivity index is 0.843. The summed E-state index contributed by atoms with van der Waals surface area (Å²) in [5.41, 5.74) is 0.997. The summed E-state index contributed by atoms with van der Waals surface area (Å²) in [7, 11) is 2.13. The number of aliphatic hydroxyl groups is 2. The van der Waals surface area contributed by atoms with Crippen LogP contribution >= 0.6 is 22.7 Å². The van der Waals surface area contributed by atoms with Crippen LogP contribution in [-0.2, 0) is 28.2 Å². The predicted molar refractivity (Wildman–Crippen MR) is 212 cm³/mol. The molecular formula is C40H44N6O8S2. The molecule has 294 valence electrons. The molecule has 2 atom stereocenters. The van der Waals surface area contributed by atoms with Crippen LogP contribution in [0.5, 0.6) is 17.2 Å². The van der Waals surface area contributed by atoms with Crippen LogP contribution in [0.2, 0.25) is 0 Å². The van der Waals surface area contributed by atoms with Gasteiger partial charge in [-0.15, -0.1) is 27.8 Å². The fourth-order valence-electron chi connectivity index (χ4n) is 7.80. The minimum atomic E-state index is -1.80. The molecule has 6 aromatic rings. The molecule has 8 rings (SSSR count). The van der Waals surface area contributed by atoms with Crippen LogP contribution in [0.1, 0.15) is 64.0 Å². The summed E-state index contributed by atoms with van der Waals surface area (Å²) in [4.78, 5) is 32.5. The van der Waals surface area contributed by atoms with Gasteiger partial charge in [0, 0.05) is 47.6 Å². The number of esters is 1. The van der Waals surface area contributed by atoms with Crippen molar-refractivity contribution >= 4 is 50.6 Å². The first-order valence-electron chi connectivity index (χ1n) is 18.7. The minimum Gasteiger partial charge on any atom is -0.506 e. The van der Waals surface area contributed by atoms with Crippen molar-refractivity contribution in [1.82, 2.24) is 30.2 Å². The number of aryl methyl sites for hydroxylation is 2. The maximum atomic E-state index is 13.5. The highest BCUT2D eigenvalue weighted by atomic mass is 32.1. The lowest BCUT2D eigenvalue weighted by molar-refractivity contribution is -0.169. The topological polar surface area (TPSA) is 184 Å². The van der Waals surface area contributed by atoms with E-state index >= 15 is 0 Å². The third-order valence-corrected chi connectivity index (χ3v) is 12.9. The Hall–Kier alpha value is -4.84. The van der Waals surface area contributed by atoms with Gasteiger partial charge < -0.3 is 44.7 Å². The van der Waals surface area contributed by atoms with Crippen molar-refractivity contribution in [2.75, 3.05) is 26.9 Å². The molecule has 5 heterocycles. The zero-order valence-corrected chi connectivity index (χ0v) is 32.7. The average Bonchev–Trinajstić information content (AvgIpc) is 4.03. The molecule has 0 amide bonds. The van der Waals surface area contributed by atoms with Crippen LogP contribution in [0.4, 0.5) is 0 Å². The smallest absolute Gasteiger partial charge is 0.349 e. The molecule has 14 nitrogen and oxygen atoms in total. The number of aromatic hydroxyl groups is 1. The van der Waals surface area contributed by atoms with Gasteiger partial charge >= 0.3 is 5.97 Å². The molecule has 4 aromatic heterocycles. The van der Waals surface area contributed by atoms with Crippen LogP contribution in [0.25, 0.3) is 21.9 Å². The number of nitrogens with one attached hydrogen (secondary N) is 2. The molecule has 0 radical (unpaired) electrons. The molecule has 1 aliphatic heterocycles. The number of phenols is 1. The first-order chi connectivity index (χ1) is 27.1. The maximum Gasteiger partial charge on any atom is 0.349 e. The minimum absolute atomic E-state index is 0.0621. The number of rotatable bonds is 14. The van der Waals surface area contributed by atoms with Crippen LogP contribution in [0.15, 0.2) is 64.8 Å². The van der Waals surface area contributed by atoms with E-state index in [0.29, 0.717) is 56.9 Å². The van der Waals surface area contributed by atoms with Gasteiger partial charge in [0.05, 0.1) is 21.4 Å². The highest BCUT2D eigenvalue weighted by Crippen LogP contribution is 2.42. The second-order valence-electron chi connectivity index (χ2n) is 14.5. The standard InChI is InChI=1S/C40H44N6O8S2/c1-23-6-14-33(56-23)40(51,32-5-3-18-55-32)39(50)54-26-9-7-25(8-10-26)45(2)16-4-17-46-36-29(43-44-46)19-24(37-38(36)53-22-52-37)20-41-21-31(48)27-11-13-30(47)35-28(27)12-15-34(49)42-35/h3,5-6,11-15,18-19,25-26,31,41,47-48,51H,4,7-10,16-17,20-22H2,1-2H3,(H,42,49)/t25-,26-,31-,40?/m0/s1. The van der Waals surface area contributed by atoms with Crippen LogP contribution in [0.3, 0.4) is 0 Å². The summed E-state index contributed by atoms with van der Waals surface area (Å²) in [5, 5.41) is 47.5. The number of aliphatic hydroxyl groups excluding tert-OH is 1. The van der Waals surface area contributed by atoms with E-state index in [0.717, 1.165) is 54.6 Å². The van der Waals surface area contributed by atoms with Crippen molar-refractivity contribution in [2.45, 2.75) is 76.0 Å². The monoisotopic (exact) mass is 800 g/mol. The quantitative estimate of drug-likeness (QED) is 0.0924. The molecule has 1 unspecified atom stereocenters. The van der Waals surface area contributed by atoms with E-state index in [2.05, 4.69) is 32.6 Å². The van der Waals surface area contributed by atoms with Gasteiger partial charge in [-0.25, -0.2) is 9.48 Å². The van der Waals surface area contributed by atoms with Crippen LogP contribution in [0, 0.1) is 6.92 Å². The molecule has 2 aliphatic rings. The number of nitrogens with zero attached hydrogens (tertiary/aromatic N) is 4. The van der Waals surface area contributed by atoms with Crippen LogP contribution < -0.4 is 20.3 Å². The van der Waals surface area contributed by atoms with Gasteiger partial charge in [-0.05, 0) is 100.0 Å². The fraction of sp³-hybridized carbons (Fsp3) is 0.400. The van der Waals surface area contributed by atoms with Crippen molar-refractivity contribution < 1.29 is 34.3 Å². The number of ether oxygens (including phenoxy) is 3. The second kappa shape index (κ2) is 16.0. The number of H-pyrrole nitrogens is 1. The molecule has 0 saturated heterocycles. The molecule has 5 N–H and O–H groups in total. The number of fused-ring (bicyclic) bond motifs is 4. The first-order valence-corrected chi connectivity index (χ1v) is 20.4. The highest BCUT2D eigenvalue weighted by Gasteiger charge is 2.45. The van der Waals surface area contributed by atoms with Gasteiger partial charge in [-0.1, -0.05) is 17.3 Å². The number of benzene rings is 2. The molecule has 56 heavy (non-hydrogen) atoms. The van der Waals surface area contributed by atoms with Crippen molar-refractivity contribution in [3.8, 4) is 17.2 Å². The van der Waals surface area contributed by atoms with E-state index in [-0.39, 0.29) is 36.3 Å². The largest absolute Gasteiger partial charge is 0.506 e. The van der Waals surface area contributed by atoms with Gasteiger partial charge in [0.15, 0.2) is 11.5 Å². The number of pyridine rings is 1. The molecular weight excluding hydrogens is 757 g/mol. The van der Waals surface area contributed by atoms with Gasteiger partial charge in [-0.2, -0.15) is 0 Å². The Bertz CT molecular complexity index is 2400. The van der Waals surface area contributed by atoms with Crippen molar-refractivity contribution in [2.24, 2.45) is 0 Å². The van der Waals surface area contributed by atoms with Crippen molar-refractivity contribution in [1.29, 1.82) is 0 Å². The number of phenolic OH excluding ortho intramolecular Hbond substituents is 1. The highest BCUT2D eigenvalue weighted by molar-refractivity contribution is 7.13. The molecule has 1 aliphatic carbocycles. The van der Waals surface area contributed by atoms with Crippen LogP contribution in [-0.4, -0.2) is 85.2 Å². The first kappa shape index (κ1) is 38.1. The summed E-state index contributed by atoms with van der Waals surface area (Å²) in [6, 6.07) is 15.7. The van der Waals surface area contributed by atoms with E-state index < -0.39 is 17.7 Å². The lowest BCUT2D eigenvalue weighted by Gasteiger charge is -2.35. The average molecular weight is 801 g/mol. The van der Waals surface area contributed by atoms with Gasteiger partial charge in [0.25, 0.3) is 0 Å². The number of hydrogen-bond acceptors (Lipinski definition) is 14. The number of thiophene rings is 2. The number of aromatic amines is 1. The summed E-state index contributed by atoms with van der Waals surface area (Å²) in [5.74, 6) is 0.541. The number of carbonyl (C=O) groups is 1. The fourth-order valence-corrected chi connectivity index (χ4v) is 9.65. The van der Waals surface area contributed by atoms with E-state index in [1.165, 1.54) is 34.8 Å². The Morgan fingerprint density at radius 3 is 2.71 bits per heavy atom. The lowest BCUT2D eigenvalue weighted by Crippen LogP contribution is -2.42.